The van der Waals surface area contributed by atoms with Gasteiger partial charge in [0.05, 0.1) is 0 Å². The Balaban J connectivity index is 4.51. The molecular weight excluding hydrogens is 271 g/mol. The molecule has 0 nitrogen and oxygen atoms in total. The first-order chi connectivity index (χ1) is 9.81. The molecule has 0 aliphatic carbocycles. The summed E-state index contributed by atoms with van der Waals surface area (Å²) in [7, 11) is -1.05. The molecule has 0 rings (SSSR count). The molecular formula is C20H45P. The van der Waals surface area contributed by atoms with Crippen LogP contribution in [-0.4, -0.2) is 24.6 Å². The van der Waals surface area contributed by atoms with Gasteiger partial charge >= 0.3 is 137 Å². The van der Waals surface area contributed by atoms with E-state index in [2.05, 4.69) is 48.5 Å². The maximum atomic E-state index is 2.45. The SMILES string of the molecule is CCCCCCCC[PH](CC(C)C)(CC(C)C)CC(C)C. The topological polar surface area (TPSA) is 0 Å². The monoisotopic (exact) mass is 316 g/mol. The maximum absolute atomic E-state index is 2.45. The molecule has 0 aromatic heterocycles. The molecule has 0 aromatic carbocycles. The summed E-state index contributed by atoms with van der Waals surface area (Å²) < 4.78 is 0. The number of hydrogen-bond donors (Lipinski definition) is 0. The Morgan fingerprint density at radius 2 is 0.952 bits per heavy atom. The van der Waals surface area contributed by atoms with Crippen LogP contribution in [0.3, 0.4) is 0 Å². The van der Waals surface area contributed by atoms with Gasteiger partial charge in [-0.15, -0.1) is 0 Å². The van der Waals surface area contributed by atoms with Crippen molar-refractivity contribution >= 4 is 7.26 Å². The zero-order chi connectivity index (χ0) is 16.3. The van der Waals surface area contributed by atoms with Crippen LogP contribution in [0.2, 0.25) is 0 Å². The molecule has 0 atom stereocenters. The third kappa shape index (κ3) is 11.6. The summed E-state index contributed by atoms with van der Waals surface area (Å²) in [6, 6.07) is 0. The minimum absolute atomic E-state index is 0.897. The molecule has 0 aromatic rings. The van der Waals surface area contributed by atoms with E-state index < -0.39 is 7.26 Å². The molecule has 0 unspecified atom stereocenters. The first kappa shape index (κ1) is 21.4. The van der Waals surface area contributed by atoms with Gasteiger partial charge in [0.2, 0.25) is 0 Å². The molecule has 21 heavy (non-hydrogen) atoms. The molecule has 0 N–H and O–H groups in total. The van der Waals surface area contributed by atoms with Crippen LogP contribution in [0.4, 0.5) is 0 Å². The van der Waals surface area contributed by atoms with Crippen LogP contribution in [-0.2, 0) is 0 Å². The Hall–Kier alpha value is 0.430. The van der Waals surface area contributed by atoms with E-state index in [-0.39, 0.29) is 0 Å². The Kier molecular flexibility index (Phi) is 12.2. The summed E-state index contributed by atoms with van der Waals surface area (Å²) in [5, 5.41) is 0. The quantitative estimate of drug-likeness (QED) is 0.252. The Labute approximate surface area is 137 Å². The molecule has 0 aliphatic rings. The summed E-state index contributed by atoms with van der Waals surface area (Å²) in [6.45, 7) is 17.0. The Morgan fingerprint density at radius 1 is 0.571 bits per heavy atom. The molecule has 0 heterocycles. The second-order valence-electron chi connectivity index (χ2n) is 8.81. The average Bonchev–Trinajstić information content (AvgIpc) is 2.30. The summed E-state index contributed by atoms with van der Waals surface area (Å²) in [4.78, 5) is 0. The minimum atomic E-state index is -1.05. The van der Waals surface area contributed by atoms with Gasteiger partial charge in [-0.05, 0) is 0 Å². The van der Waals surface area contributed by atoms with E-state index in [1.807, 2.05) is 0 Å². The van der Waals surface area contributed by atoms with Crippen molar-refractivity contribution in [3.05, 3.63) is 0 Å². The van der Waals surface area contributed by atoms with Gasteiger partial charge in [-0.3, -0.25) is 0 Å². The molecule has 0 bridgehead atoms. The summed E-state index contributed by atoms with van der Waals surface area (Å²) in [5.74, 6) is 2.69. The van der Waals surface area contributed by atoms with Gasteiger partial charge in [0.1, 0.15) is 0 Å². The fourth-order valence-corrected chi connectivity index (χ4v) is 11.7. The van der Waals surface area contributed by atoms with E-state index in [4.69, 9.17) is 0 Å². The van der Waals surface area contributed by atoms with Crippen molar-refractivity contribution in [3.8, 4) is 0 Å². The van der Waals surface area contributed by atoms with Crippen molar-refractivity contribution in [2.75, 3.05) is 24.6 Å². The van der Waals surface area contributed by atoms with Gasteiger partial charge in [-0.25, -0.2) is 0 Å². The van der Waals surface area contributed by atoms with Crippen LogP contribution in [0.25, 0.3) is 0 Å². The summed E-state index contributed by atoms with van der Waals surface area (Å²) in [6.07, 6.45) is 15.1. The van der Waals surface area contributed by atoms with E-state index in [9.17, 15) is 0 Å². The molecule has 0 saturated carbocycles. The van der Waals surface area contributed by atoms with E-state index in [1.165, 1.54) is 38.5 Å². The Bertz CT molecular complexity index is 203. The Morgan fingerprint density at radius 3 is 1.33 bits per heavy atom. The second kappa shape index (κ2) is 11.9. The average molecular weight is 317 g/mol. The molecule has 0 aliphatic heterocycles. The van der Waals surface area contributed by atoms with E-state index >= 15 is 0 Å². The van der Waals surface area contributed by atoms with Crippen LogP contribution in [0.5, 0.6) is 0 Å². The first-order valence-corrected chi connectivity index (χ1v) is 12.6. The van der Waals surface area contributed by atoms with Gasteiger partial charge in [0, 0.05) is 0 Å². The van der Waals surface area contributed by atoms with Crippen molar-refractivity contribution in [1.82, 2.24) is 0 Å². The predicted octanol–water partition coefficient (Wildman–Crippen LogP) is 7.06. The molecule has 0 saturated heterocycles. The van der Waals surface area contributed by atoms with Crippen molar-refractivity contribution in [2.45, 2.75) is 87.0 Å². The van der Waals surface area contributed by atoms with Gasteiger partial charge in [0.15, 0.2) is 0 Å². The summed E-state index contributed by atoms with van der Waals surface area (Å²) in [5.41, 5.74) is 0. The van der Waals surface area contributed by atoms with E-state index in [0.717, 1.165) is 17.8 Å². The molecule has 0 amide bonds. The summed E-state index contributed by atoms with van der Waals surface area (Å²) >= 11 is 0. The number of hydrogen-bond acceptors (Lipinski definition) is 0. The molecule has 0 fully saturated rings. The van der Waals surface area contributed by atoms with E-state index in [1.54, 1.807) is 24.6 Å². The van der Waals surface area contributed by atoms with Crippen LogP contribution in [0.1, 0.15) is 87.0 Å². The van der Waals surface area contributed by atoms with Gasteiger partial charge < -0.3 is 0 Å². The third-order valence-corrected chi connectivity index (χ3v) is 11.0. The van der Waals surface area contributed by atoms with Crippen molar-refractivity contribution in [2.24, 2.45) is 17.8 Å². The number of rotatable bonds is 13. The normalized spacial score (nSPS) is 13.6. The van der Waals surface area contributed by atoms with Crippen molar-refractivity contribution in [1.29, 1.82) is 0 Å². The van der Waals surface area contributed by atoms with Crippen LogP contribution >= 0.6 is 7.26 Å². The standard InChI is InChI=1S/C20H45P/c1-8-9-10-11-12-13-14-21(15-18(2)3,16-19(4)5)17-20(6)7/h18-21H,8-17H2,1-7H3. The first-order valence-electron chi connectivity index (χ1n) is 9.81. The van der Waals surface area contributed by atoms with Gasteiger partial charge in [-0.1, -0.05) is 0 Å². The fourth-order valence-electron chi connectivity index (χ4n) is 4.43. The van der Waals surface area contributed by atoms with Crippen LogP contribution in [0, 0.1) is 17.8 Å². The second-order valence-corrected chi connectivity index (χ2v) is 13.5. The van der Waals surface area contributed by atoms with Crippen LogP contribution < -0.4 is 0 Å². The number of unbranched alkanes of at least 4 members (excludes halogenated alkanes) is 5. The van der Waals surface area contributed by atoms with Gasteiger partial charge in [-0.2, -0.15) is 0 Å². The van der Waals surface area contributed by atoms with Crippen LogP contribution in [0.15, 0.2) is 0 Å². The van der Waals surface area contributed by atoms with E-state index in [0.29, 0.717) is 0 Å². The van der Waals surface area contributed by atoms with Crippen molar-refractivity contribution < 1.29 is 0 Å². The van der Waals surface area contributed by atoms with Crippen molar-refractivity contribution in [3.63, 3.8) is 0 Å². The molecule has 0 spiro atoms. The zero-order valence-corrected chi connectivity index (χ0v) is 17.3. The zero-order valence-electron chi connectivity index (χ0n) is 16.3. The molecule has 1 heteroatoms. The molecule has 0 radical (unpaired) electrons. The predicted molar refractivity (Wildman–Crippen MR) is 106 cm³/mol. The third-order valence-electron chi connectivity index (χ3n) is 4.58. The molecule has 130 valence electrons. The van der Waals surface area contributed by atoms with Gasteiger partial charge in [0.25, 0.3) is 0 Å². The fraction of sp³-hybridized carbons (Fsp3) is 1.00.